The molecule has 2 N–H and O–H groups in total. The molecular formula is C16H30N4O. The van der Waals surface area contributed by atoms with Gasteiger partial charge in [-0.3, -0.25) is 4.99 Å². The molecule has 1 heterocycles. The molecule has 1 rings (SSSR count). The molecule has 21 heavy (non-hydrogen) atoms. The maximum Gasteiger partial charge on any atom is 0.191 e. The van der Waals surface area contributed by atoms with Crippen molar-refractivity contribution in [3.8, 4) is 0 Å². The number of hydrogen-bond donors (Lipinski definition) is 2. The molecule has 1 aromatic heterocycles. The van der Waals surface area contributed by atoms with Crippen molar-refractivity contribution in [2.75, 3.05) is 39.8 Å². The monoisotopic (exact) mass is 294 g/mol. The lowest BCUT2D eigenvalue weighted by Gasteiger charge is -2.15. The molecule has 5 nitrogen and oxygen atoms in total. The molecular weight excluding hydrogens is 264 g/mol. The molecule has 0 saturated heterocycles. The number of guanidine groups is 1. The van der Waals surface area contributed by atoms with E-state index in [9.17, 15) is 0 Å². The van der Waals surface area contributed by atoms with Gasteiger partial charge >= 0.3 is 0 Å². The van der Waals surface area contributed by atoms with Crippen LogP contribution in [0.2, 0.25) is 0 Å². The molecule has 0 fully saturated rings. The minimum absolute atomic E-state index is 0.816. The third-order valence-electron chi connectivity index (χ3n) is 3.23. The van der Waals surface area contributed by atoms with Crippen molar-refractivity contribution in [3.05, 3.63) is 24.2 Å². The highest BCUT2D eigenvalue weighted by Crippen LogP contribution is 1.99. The zero-order valence-electron chi connectivity index (χ0n) is 13.7. The van der Waals surface area contributed by atoms with Crippen LogP contribution in [0.15, 0.2) is 27.8 Å². The van der Waals surface area contributed by atoms with Crippen LogP contribution >= 0.6 is 0 Å². The number of nitrogens with zero attached hydrogens (tertiary/aromatic N) is 2. The Morgan fingerprint density at radius 3 is 2.81 bits per heavy atom. The molecule has 0 radical (unpaired) electrons. The maximum absolute atomic E-state index is 5.32. The Kier molecular flexibility index (Phi) is 9.37. The van der Waals surface area contributed by atoms with E-state index in [0.29, 0.717) is 0 Å². The highest BCUT2D eigenvalue weighted by molar-refractivity contribution is 5.79. The minimum Gasteiger partial charge on any atom is -0.469 e. The number of furan rings is 1. The smallest absolute Gasteiger partial charge is 0.191 e. The van der Waals surface area contributed by atoms with Crippen LogP contribution in [0.4, 0.5) is 0 Å². The molecule has 0 unspecified atom stereocenters. The fourth-order valence-corrected chi connectivity index (χ4v) is 1.97. The molecule has 0 amide bonds. The molecule has 0 bridgehead atoms. The van der Waals surface area contributed by atoms with Gasteiger partial charge in [-0.2, -0.15) is 0 Å². The van der Waals surface area contributed by atoms with E-state index in [1.807, 2.05) is 12.1 Å². The average molecular weight is 294 g/mol. The van der Waals surface area contributed by atoms with Crippen LogP contribution in [0.25, 0.3) is 0 Å². The van der Waals surface area contributed by atoms with Gasteiger partial charge in [0.2, 0.25) is 0 Å². The van der Waals surface area contributed by atoms with Gasteiger partial charge in [0.1, 0.15) is 5.76 Å². The van der Waals surface area contributed by atoms with E-state index in [0.717, 1.165) is 50.9 Å². The molecule has 0 saturated carbocycles. The van der Waals surface area contributed by atoms with E-state index in [1.54, 1.807) is 6.26 Å². The van der Waals surface area contributed by atoms with E-state index in [1.165, 1.54) is 12.8 Å². The van der Waals surface area contributed by atoms with Gasteiger partial charge < -0.3 is 20.0 Å². The first kappa shape index (κ1) is 17.6. The second-order valence-corrected chi connectivity index (χ2v) is 5.17. The van der Waals surface area contributed by atoms with E-state index < -0.39 is 0 Å². The van der Waals surface area contributed by atoms with Crippen LogP contribution in [0.5, 0.6) is 0 Å². The second-order valence-electron chi connectivity index (χ2n) is 5.17. The van der Waals surface area contributed by atoms with Gasteiger partial charge in [0.25, 0.3) is 0 Å². The lowest BCUT2D eigenvalue weighted by atomic mass is 10.3. The van der Waals surface area contributed by atoms with Gasteiger partial charge in [0.15, 0.2) is 5.96 Å². The zero-order valence-corrected chi connectivity index (χ0v) is 13.7. The van der Waals surface area contributed by atoms with Gasteiger partial charge in [-0.15, -0.1) is 0 Å². The quantitative estimate of drug-likeness (QED) is 0.512. The van der Waals surface area contributed by atoms with Crippen molar-refractivity contribution in [2.45, 2.75) is 33.1 Å². The highest BCUT2D eigenvalue weighted by Gasteiger charge is 2.00. The lowest BCUT2D eigenvalue weighted by molar-refractivity contribution is 0.337. The summed E-state index contributed by atoms with van der Waals surface area (Å²) < 4.78 is 5.32. The van der Waals surface area contributed by atoms with Crippen LogP contribution < -0.4 is 10.6 Å². The Morgan fingerprint density at radius 2 is 2.14 bits per heavy atom. The summed E-state index contributed by atoms with van der Waals surface area (Å²) in [6.07, 6.45) is 5.07. The van der Waals surface area contributed by atoms with Crippen molar-refractivity contribution in [2.24, 2.45) is 4.99 Å². The number of nitrogens with one attached hydrogen (secondary N) is 2. The number of rotatable bonds is 10. The van der Waals surface area contributed by atoms with Gasteiger partial charge in [-0.1, -0.05) is 13.3 Å². The van der Waals surface area contributed by atoms with Crippen molar-refractivity contribution in [3.63, 3.8) is 0 Å². The van der Waals surface area contributed by atoms with Gasteiger partial charge in [0, 0.05) is 26.1 Å². The van der Waals surface area contributed by atoms with Gasteiger partial charge in [0.05, 0.1) is 12.8 Å². The van der Waals surface area contributed by atoms with E-state index >= 15 is 0 Å². The summed E-state index contributed by atoms with van der Waals surface area (Å²) in [4.78, 5) is 6.94. The predicted molar refractivity (Wildman–Crippen MR) is 88.8 cm³/mol. The normalized spacial score (nSPS) is 11.9. The van der Waals surface area contributed by atoms with Gasteiger partial charge in [-0.25, -0.2) is 0 Å². The molecule has 120 valence electrons. The molecule has 0 atom stereocenters. The summed E-state index contributed by atoms with van der Waals surface area (Å²) in [5.74, 6) is 1.88. The number of aliphatic imine (C=N–C) groups is 1. The topological polar surface area (TPSA) is 52.8 Å². The number of unbranched alkanes of at least 4 members (excludes halogenated alkanes) is 1. The molecule has 0 aliphatic heterocycles. The first-order chi connectivity index (χ1) is 10.3. The molecule has 1 aromatic rings. The Bertz CT molecular complexity index is 376. The second kappa shape index (κ2) is 11.2. The average Bonchev–Trinajstić information content (AvgIpc) is 2.98. The lowest BCUT2D eigenvalue weighted by Crippen LogP contribution is -2.39. The number of likely N-dealkylation sites (N-methyl/N-ethyl adjacent to an activating group) is 1. The van der Waals surface area contributed by atoms with Crippen LogP contribution in [0, 0.1) is 0 Å². The Hall–Kier alpha value is -1.49. The van der Waals surface area contributed by atoms with E-state index in [-0.39, 0.29) is 0 Å². The summed E-state index contributed by atoms with van der Waals surface area (Å²) in [7, 11) is 2.16. The fourth-order valence-electron chi connectivity index (χ4n) is 1.97. The Labute approximate surface area is 128 Å². The summed E-state index contributed by atoms with van der Waals surface area (Å²) >= 11 is 0. The fraction of sp³-hybridized carbons (Fsp3) is 0.688. The van der Waals surface area contributed by atoms with Crippen LogP contribution in [0.3, 0.4) is 0 Å². The highest BCUT2D eigenvalue weighted by atomic mass is 16.3. The molecule has 0 aliphatic carbocycles. The Morgan fingerprint density at radius 1 is 1.29 bits per heavy atom. The predicted octanol–water partition coefficient (Wildman–Crippen LogP) is 2.11. The minimum atomic E-state index is 0.816. The van der Waals surface area contributed by atoms with Crippen LogP contribution in [-0.2, 0) is 6.42 Å². The van der Waals surface area contributed by atoms with Crippen molar-refractivity contribution in [1.82, 2.24) is 15.5 Å². The molecule has 5 heteroatoms. The van der Waals surface area contributed by atoms with Crippen LogP contribution in [-0.4, -0.2) is 50.6 Å². The van der Waals surface area contributed by atoms with Crippen molar-refractivity contribution >= 4 is 5.96 Å². The van der Waals surface area contributed by atoms with Crippen molar-refractivity contribution < 1.29 is 4.42 Å². The summed E-state index contributed by atoms with van der Waals surface area (Å²) in [5.41, 5.74) is 0. The third-order valence-corrected chi connectivity index (χ3v) is 3.23. The Balaban J connectivity index is 2.25. The first-order valence-corrected chi connectivity index (χ1v) is 7.99. The van der Waals surface area contributed by atoms with Gasteiger partial charge in [-0.05, 0) is 39.1 Å². The van der Waals surface area contributed by atoms with E-state index in [2.05, 4.69) is 41.4 Å². The summed E-state index contributed by atoms with van der Waals surface area (Å²) in [6, 6.07) is 3.91. The molecule has 0 aromatic carbocycles. The summed E-state index contributed by atoms with van der Waals surface area (Å²) in [5, 5.41) is 6.61. The molecule has 0 spiro atoms. The van der Waals surface area contributed by atoms with Crippen molar-refractivity contribution in [1.29, 1.82) is 0 Å². The largest absolute Gasteiger partial charge is 0.469 e. The number of hydrogen-bond acceptors (Lipinski definition) is 3. The standard InChI is InChI=1S/C16H30N4O/c1-4-6-12-20(3)13-11-19-16(17-5-2)18-10-9-15-8-7-14-21-15/h7-8,14H,4-6,9-13H2,1-3H3,(H2,17,18,19). The van der Waals surface area contributed by atoms with Crippen LogP contribution in [0.1, 0.15) is 32.4 Å². The maximum atomic E-state index is 5.32. The van der Waals surface area contributed by atoms with E-state index in [4.69, 9.17) is 4.42 Å². The third kappa shape index (κ3) is 8.40. The molecule has 0 aliphatic rings. The summed E-state index contributed by atoms with van der Waals surface area (Å²) in [6.45, 7) is 8.96. The first-order valence-electron chi connectivity index (χ1n) is 7.99. The SMILES string of the molecule is CCCCN(C)CCN=C(NCC)NCCc1ccco1. The zero-order chi connectivity index (χ0) is 15.3.